The number of phenols is 1. The van der Waals surface area contributed by atoms with E-state index >= 15 is 0 Å². The lowest BCUT2D eigenvalue weighted by Crippen LogP contribution is -2.49. The van der Waals surface area contributed by atoms with Crippen LogP contribution in [0.2, 0.25) is 0 Å². The van der Waals surface area contributed by atoms with Crippen molar-refractivity contribution in [3.8, 4) is 11.5 Å². The van der Waals surface area contributed by atoms with Crippen LogP contribution >= 0.6 is 0 Å². The number of amides is 1. The van der Waals surface area contributed by atoms with E-state index in [4.69, 9.17) is 4.74 Å². The first kappa shape index (κ1) is 14.3. The first-order chi connectivity index (χ1) is 9.52. The lowest BCUT2D eigenvalue weighted by molar-refractivity contribution is -0.127. The number of carbonyl (C=O) groups excluding carboxylic acids is 2. The zero-order valence-corrected chi connectivity index (χ0v) is 11.6. The molecule has 1 aromatic rings. The molecule has 0 saturated carbocycles. The fourth-order valence-corrected chi connectivity index (χ4v) is 2.11. The molecule has 1 aromatic carbocycles. The molecule has 1 N–H and O–H groups in total. The summed E-state index contributed by atoms with van der Waals surface area (Å²) in [6, 6.07) is 4.21. The summed E-state index contributed by atoms with van der Waals surface area (Å²) in [5, 5.41) is 9.66. The van der Waals surface area contributed by atoms with Crippen LogP contribution in [0.25, 0.3) is 0 Å². The van der Waals surface area contributed by atoms with Crippen LogP contribution in [-0.4, -0.2) is 66.9 Å². The lowest BCUT2D eigenvalue weighted by Gasteiger charge is -2.31. The third-order valence-electron chi connectivity index (χ3n) is 3.43. The average Bonchev–Trinajstić information content (AvgIpc) is 2.46. The molecule has 6 nitrogen and oxygen atoms in total. The summed E-state index contributed by atoms with van der Waals surface area (Å²) in [7, 11) is 3.40. The second-order valence-electron chi connectivity index (χ2n) is 4.81. The van der Waals surface area contributed by atoms with Crippen LogP contribution in [0.15, 0.2) is 18.2 Å². The molecule has 1 aliphatic heterocycles. The average molecular weight is 278 g/mol. The van der Waals surface area contributed by atoms with Gasteiger partial charge in [0.25, 0.3) is 11.7 Å². The maximum Gasteiger partial charge on any atom is 0.295 e. The van der Waals surface area contributed by atoms with Gasteiger partial charge in [-0.05, 0) is 25.2 Å². The van der Waals surface area contributed by atoms with Crippen molar-refractivity contribution >= 4 is 11.7 Å². The van der Waals surface area contributed by atoms with Crippen LogP contribution in [0.4, 0.5) is 0 Å². The minimum Gasteiger partial charge on any atom is -0.504 e. The predicted molar refractivity (Wildman–Crippen MR) is 73.1 cm³/mol. The van der Waals surface area contributed by atoms with Gasteiger partial charge in [-0.25, -0.2) is 0 Å². The molecule has 0 spiro atoms. The van der Waals surface area contributed by atoms with E-state index in [1.807, 2.05) is 7.05 Å². The highest BCUT2D eigenvalue weighted by atomic mass is 16.5. The quantitative estimate of drug-likeness (QED) is 0.638. The summed E-state index contributed by atoms with van der Waals surface area (Å²) < 4.78 is 4.91. The van der Waals surface area contributed by atoms with E-state index in [1.165, 1.54) is 25.3 Å². The van der Waals surface area contributed by atoms with Crippen LogP contribution in [0.1, 0.15) is 10.4 Å². The van der Waals surface area contributed by atoms with Gasteiger partial charge in [0.1, 0.15) is 0 Å². The molecule has 1 fully saturated rings. The minimum absolute atomic E-state index is 0.149. The van der Waals surface area contributed by atoms with Gasteiger partial charge in [-0.3, -0.25) is 9.59 Å². The van der Waals surface area contributed by atoms with Gasteiger partial charge in [-0.2, -0.15) is 0 Å². The molecule has 6 heteroatoms. The zero-order valence-electron chi connectivity index (χ0n) is 11.6. The smallest absolute Gasteiger partial charge is 0.295 e. The van der Waals surface area contributed by atoms with Crippen LogP contribution in [0.3, 0.4) is 0 Å². The number of hydrogen-bond acceptors (Lipinski definition) is 5. The second kappa shape index (κ2) is 5.92. The molecule has 0 unspecified atom stereocenters. The summed E-state index contributed by atoms with van der Waals surface area (Å²) in [5.41, 5.74) is 0.173. The second-order valence-corrected chi connectivity index (χ2v) is 4.81. The van der Waals surface area contributed by atoms with Gasteiger partial charge in [0, 0.05) is 31.7 Å². The summed E-state index contributed by atoms with van der Waals surface area (Å²) >= 11 is 0. The monoisotopic (exact) mass is 278 g/mol. The van der Waals surface area contributed by atoms with Gasteiger partial charge < -0.3 is 19.6 Å². The Labute approximate surface area is 117 Å². The number of ketones is 1. The Morgan fingerprint density at radius 3 is 2.40 bits per heavy atom. The molecule has 0 aliphatic carbocycles. The summed E-state index contributed by atoms with van der Waals surface area (Å²) in [4.78, 5) is 27.9. The number of Topliss-reactive ketones (excluding diaryl/α,β-unsaturated/α-hetero) is 1. The first-order valence-corrected chi connectivity index (χ1v) is 6.42. The third-order valence-corrected chi connectivity index (χ3v) is 3.43. The topological polar surface area (TPSA) is 70.1 Å². The molecular formula is C14H18N2O4. The highest BCUT2D eigenvalue weighted by molar-refractivity contribution is 6.42. The van der Waals surface area contributed by atoms with Crippen LogP contribution in [-0.2, 0) is 4.79 Å². The van der Waals surface area contributed by atoms with Gasteiger partial charge in [0.2, 0.25) is 0 Å². The van der Waals surface area contributed by atoms with E-state index in [0.717, 1.165) is 13.1 Å². The van der Waals surface area contributed by atoms with E-state index < -0.39 is 11.7 Å². The van der Waals surface area contributed by atoms with E-state index in [1.54, 1.807) is 4.90 Å². The molecule has 0 atom stereocenters. The SMILES string of the molecule is COc1ccc(C(=O)C(=O)N2CCN(C)CC2)cc1O. The van der Waals surface area contributed by atoms with Crippen molar-refractivity contribution in [2.75, 3.05) is 40.3 Å². The van der Waals surface area contributed by atoms with Crippen molar-refractivity contribution in [3.05, 3.63) is 23.8 Å². The van der Waals surface area contributed by atoms with Crippen molar-refractivity contribution < 1.29 is 19.4 Å². The standard InChI is InChI=1S/C14H18N2O4/c1-15-5-7-16(8-6-15)14(19)13(18)10-3-4-12(20-2)11(17)9-10/h3-4,9,17H,5-8H2,1-2H3. The molecule has 0 aromatic heterocycles. The Morgan fingerprint density at radius 2 is 1.85 bits per heavy atom. The number of hydrogen-bond donors (Lipinski definition) is 1. The molecule has 0 bridgehead atoms. The van der Waals surface area contributed by atoms with Crippen LogP contribution in [0, 0.1) is 0 Å². The highest BCUT2D eigenvalue weighted by Gasteiger charge is 2.26. The number of phenolic OH excluding ortho intramolecular Hbond substituents is 1. The number of piperazine rings is 1. The molecule has 1 heterocycles. The Hall–Kier alpha value is -2.08. The van der Waals surface area contributed by atoms with Gasteiger partial charge in [-0.15, -0.1) is 0 Å². The largest absolute Gasteiger partial charge is 0.504 e. The molecule has 1 saturated heterocycles. The fraction of sp³-hybridized carbons (Fsp3) is 0.429. The third kappa shape index (κ3) is 2.91. The number of carbonyl (C=O) groups is 2. The van der Waals surface area contributed by atoms with Crippen molar-refractivity contribution in [2.45, 2.75) is 0 Å². The minimum atomic E-state index is -0.604. The van der Waals surface area contributed by atoms with Gasteiger partial charge >= 0.3 is 0 Å². The molecule has 2 rings (SSSR count). The Kier molecular flexibility index (Phi) is 4.24. The van der Waals surface area contributed by atoms with Crippen LogP contribution < -0.4 is 4.74 Å². The number of nitrogens with zero attached hydrogens (tertiary/aromatic N) is 2. The highest BCUT2D eigenvalue weighted by Crippen LogP contribution is 2.26. The summed E-state index contributed by atoms with van der Waals surface area (Å²) in [6.07, 6.45) is 0. The van der Waals surface area contributed by atoms with Crippen molar-refractivity contribution in [1.82, 2.24) is 9.80 Å². The molecule has 1 amide bonds. The van der Waals surface area contributed by atoms with Gasteiger partial charge in [0.05, 0.1) is 7.11 Å². The number of rotatable bonds is 3. The molecule has 0 radical (unpaired) electrons. The molecule has 108 valence electrons. The molecule has 1 aliphatic rings. The number of ether oxygens (including phenoxy) is 1. The first-order valence-electron chi connectivity index (χ1n) is 6.42. The number of aromatic hydroxyl groups is 1. The lowest BCUT2D eigenvalue weighted by atomic mass is 10.1. The normalized spacial score (nSPS) is 16.0. The fourth-order valence-electron chi connectivity index (χ4n) is 2.11. The van der Waals surface area contributed by atoms with E-state index in [0.29, 0.717) is 13.1 Å². The van der Waals surface area contributed by atoms with E-state index in [9.17, 15) is 14.7 Å². The Balaban J connectivity index is 2.10. The Morgan fingerprint density at radius 1 is 1.20 bits per heavy atom. The molecule has 20 heavy (non-hydrogen) atoms. The van der Waals surface area contributed by atoms with Crippen molar-refractivity contribution in [2.24, 2.45) is 0 Å². The van der Waals surface area contributed by atoms with Crippen LogP contribution in [0.5, 0.6) is 11.5 Å². The predicted octanol–water partition coefficient (Wildman–Crippen LogP) is 0.357. The zero-order chi connectivity index (χ0) is 14.7. The maximum absolute atomic E-state index is 12.1. The number of methoxy groups -OCH3 is 1. The van der Waals surface area contributed by atoms with E-state index in [-0.39, 0.29) is 17.1 Å². The van der Waals surface area contributed by atoms with E-state index in [2.05, 4.69) is 4.90 Å². The van der Waals surface area contributed by atoms with Gasteiger partial charge in [-0.1, -0.05) is 0 Å². The molecular weight excluding hydrogens is 260 g/mol. The summed E-state index contributed by atoms with van der Waals surface area (Å²) in [5.74, 6) is -1.01. The summed E-state index contributed by atoms with van der Waals surface area (Å²) in [6.45, 7) is 2.60. The van der Waals surface area contributed by atoms with Gasteiger partial charge in [0.15, 0.2) is 11.5 Å². The number of benzene rings is 1. The number of likely N-dealkylation sites (N-methyl/N-ethyl adjacent to an activating group) is 1. The van der Waals surface area contributed by atoms with Crippen molar-refractivity contribution in [1.29, 1.82) is 0 Å². The van der Waals surface area contributed by atoms with Crippen molar-refractivity contribution in [3.63, 3.8) is 0 Å². The maximum atomic E-state index is 12.1. The Bertz CT molecular complexity index is 522.